The summed E-state index contributed by atoms with van der Waals surface area (Å²) in [6.45, 7) is 21.1. The van der Waals surface area contributed by atoms with Gasteiger partial charge in [0.25, 0.3) is 0 Å². The van der Waals surface area contributed by atoms with Gasteiger partial charge in [-0.15, -0.1) is 0 Å². The fourth-order valence-corrected chi connectivity index (χ4v) is 2.83. The smallest absolute Gasteiger partial charge is 0.0334 e. The van der Waals surface area contributed by atoms with Crippen molar-refractivity contribution >= 4 is 0 Å². The maximum absolute atomic E-state index is 4.20. The maximum atomic E-state index is 4.20. The minimum atomic E-state index is 0.220. The second-order valence-electron chi connectivity index (χ2n) is 5.30. The summed E-state index contributed by atoms with van der Waals surface area (Å²) in [4.78, 5) is 2.59. The van der Waals surface area contributed by atoms with Crippen molar-refractivity contribution in [1.82, 2.24) is 10.2 Å². The quantitative estimate of drug-likeness (QED) is 0.596. The number of rotatable bonds is 10. The predicted octanol–water partition coefficient (Wildman–Crippen LogP) is 3.83. The Morgan fingerprint density at radius 3 is 2.06 bits per heavy atom. The highest BCUT2D eigenvalue weighted by Crippen LogP contribution is 2.27. The van der Waals surface area contributed by atoms with E-state index in [-0.39, 0.29) is 5.54 Å². The summed E-state index contributed by atoms with van der Waals surface area (Å²) in [5.74, 6) is 0. The van der Waals surface area contributed by atoms with Crippen LogP contribution in [0.3, 0.4) is 0 Å². The molecule has 0 aliphatic carbocycles. The van der Waals surface area contributed by atoms with Gasteiger partial charge < -0.3 is 5.32 Å². The summed E-state index contributed by atoms with van der Waals surface area (Å²) in [6.07, 6.45) is 3.34. The molecule has 18 heavy (non-hydrogen) atoms. The average Bonchev–Trinajstić information content (AvgIpc) is 2.38. The predicted molar refractivity (Wildman–Crippen MR) is 83.1 cm³/mol. The molecule has 0 bridgehead atoms. The zero-order chi connectivity index (χ0) is 14.2. The van der Waals surface area contributed by atoms with Crippen LogP contribution in [0.15, 0.2) is 12.2 Å². The molecule has 0 aromatic heterocycles. The molecule has 0 amide bonds. The molecule has 0 aliphatic rings. The molecule has 0 spiro atoms. The van der Waals surface area contributed by atoms with Crippen LogP contribution in [0.2, 0.25) is 0 Å². The third-order valence-electron chi connectivity index (χ3n) is 4.40. The van der Waals surface area contributed by atoms with Gasteiger partial charge in [-0.05, 0) is 45.8 Å². The first-order chi connectivity index (χ1) is 8.49. The monoisotopic (exact) mass is 254 g/mol. The van der Waals surface area contributed by atoms with Crippen molar-refractivity contribution in [3.8, 4) is 0 Å². The Hall–Kier alpha value is -0.340. The lowest BCUT2D eigenvalue weighted by molar-refractivity contribution is 0.0705. The molecule has 0 aromatic rings. The van der Waals surface area contributed by atoms with E-state index < -0.39 is 0 Å². The van der Waals surface area contributed by atoms with Crippen molar-refractivity contribution < 1.29 is 0 Å². The van der Waals surface area contributed by atoms with E-state index in [4.69, 9.17) is 0 Å². The van der Waals surface area contributed by atoms with Gasteiger partial charge in [0.1, 0.15) is 0 Å². The van der Waals surface area contributed by atoms with Crippen LogP contribution >= 0.6 is 0 Å². The third-order valence-corrected chi connectivity index (χ3v) is 4.40. The molecule has 1 N–H and O–H groups in total. The summed E-state index contributed by atoms with van der Waals surface area (Å²) >= 11 is 0. The molecule has 2 atom stereocenters. The van der Waals surface area contributed by atoms with Crippen LogP contribution in [0, 0.1) is 0 Å². The summed E-state index contributed by atoms with van der Waals surface area (Å²) in [5.41, 5.74) is 1.57. The lowest BCUT2D eigenvalue weighted by Crippen LogP contribution is -2.59. The van der Waals surface area contributed by atoms with Gasteiger partial charge in [0.15, 0.2) is 0 Å². The van der Waals surface area contributed by atoms with Crippen LogP contribution < -0.4 is 5.32 Å². The van der Waals surface area contributed by atoms with Crippen LogP contribution in [0.4, 0.5) is 0 Å². The number of hydrogen-bond donors (Lipinski definition) is 1. The van der Waals surface area contributed by atoms with Gasteiger partial charge in [0.2, 0.25) is 0 Å². The molecule has 2 heteroatoms. The van der Waals surface area contributed by atoms with Crippen molar-refractivity contribution in [2.45, 2.75) is 72.4 Å². The molecule has 2 nitrogen and oxygen atoms in total. The van der Waals surface area contributed by atoms with E-state index in [1.165, 1.54) is 12.0 Å². The van der Waals surface area contributed by atoms with Crippen LogP contribution in [-0.2, 0) is 0 Å². The molecule has 0 aromatic carbocycles. The molecule has 0 saturated heterocycles. The topological polar surface area (TPSA) is 15.3 Å². The fourth-order valence-electron chi connectivity index (χ4n) is 2.83. The molecule has 0 rings (SSSR count). The van der Waals surface area contributed by atoms with E-state index in [0.717, 1.165) is 32.5 Å². The minimum Gasteiger partial charge on any atom is -0.312 e. The normalized spacial score (nSPS) is 16.6. The first-order valence-corrected chi connectivity index (χ1v) is 7.64. The van der Waals surface area contributed by atoms with Crippen LogP contribution in [-0.4, -0.2) is 36.1 Å². The van der Waals surface area contributed by atoms with E-state index in [2.05, 4.69) is 58.3 Å². The van der Waals surface area contributed by atoms with E-state index >= 15 is 0 Å². The van der Waals surface area contributed by atoms with Crippen LogP contribution in [0.25, 0.3) is 0 Å². The highest BCUT2D eigenvalue weighted by molar-refractivity contribution is 5.05. The van der Waals surface area contributed by atoms with Gasteiger partial charge in [-0.1, -0.05) is 46.8 Å². The van der Waals surface area contributed by atoms with Crippen molar-refractivity contribution in [3.63, 3.8) is 0 Å². The van der Waals surface area contributed by atoms with Crippen molar-refractivity contribution in [3.05, 3.63) is 12.2 Å². The number of nitrogens with one attached hydrogen (secondary N) is 1. The van der Waals surface area contributed by atoms with E-state index in [1.807, 2.05) is 0 Å². The lowest BCUT2D eigenvalue weighted by Gasteiger charge is -2.46. The molecule has 0 aliphatic heterocycles. The van der Waals surface area contributed by atoms with E-state index in [1.54, 1.807) is 0 Å². The summed E-state index contributed by atoms with van der Waals surface area (Å²) < 4.78 is 0. The van der Waals surface area contributed by atoms with Gasteiger partial charge in [-0.25, -0.2) is 0 Å². The SMILES string of the molecule is C=C(CC)CC(NCC)C(C)(CC)N(CC)CC. The molecule has 108 valence electrons. The Labute approximate surface area is 115 Å². The van der Waals surface area contributed by atoms with Gasteiger partial charge in [0, 0.05) is 11.6 Å². The first kappa shape index (κ1) is 17.7. The summed E-state index contributed by atoms with van der Waals surface area (Å²) in [7, 11) is 0. The maximum Gasteiger partial charge on any atom is 0.0334 e. The first-order valence-electron chi connectivity index (χ1n) is 7.64. The molecule has 0 heterocycles. The van der Waals surface area contributed by atoms with Crippen molar-refractivity contribution in [1.29, 1.82) is 0 Å². The molecule has 0 fully saturated rings. The molecule has 0 radical (unpaired) electrons. The summed E-state index contributed by atoms with van der Waals surface area (Å²) in [6, 6.07) is 0.500. The van der Waals surface area contributed by atoms with E-state index in [9.17, 15) is 0 Å². The average molecular weight is 254 g/mol. The Morgan fingerprint density at radius 2 is 1.72 bits per heavy atom. The highest BCUT2D eigenvalue weighted by Gasteiger charge is 2.36. The van der Waals surface area contributed by atoms with Crippen LogP contribution in [0.1, 0.15) is 60.8 Å². The number of nitrogens with zero attached hydrogens (tertiary/aromatic N) is 1. The third kappa shape index (κ3) is 4.40. The zero-order valence-electron chi connectivity index (χ0n) is 13.5. The molecule has 2 unspecified atom stereocenters. The van der Waals surface area contributed by atoms with Crippen LogP contribution in [0.5, 0.6) is 0 Å². The lowest BCUT2D eigenvalue weighted by atomic mass is 9.83. The zero-order valence-corrected chi connectivity index (χ0v) is 13.5. The van der Waals surface area contributed by atoms with E-state index in [0.29, 0.717) is 6.04 Å². The minimum absolute atomic E-state index is 0.220. The summed E-state index contributed by atoms with van der Waals surface area (Å²) in [5, 5.41) is 3.69. The second-order valence-corrected chi connectivity index (χ2v) is 5.30. The fraction of sp³-hybridized carbons (Fsp3) is 0.875. The number of hydrogen-bond acceptors (Lipinski definition) is 2. The van der Waals surface area contributed by atoms with Crippen molar-refractivity contribution in [2.75, 3.05) is 19.6 Å². The second kappa shape index (κ2) is 8.71. The van der Waals surface area contributed by atoms with Gasteiger partial charge in [-0.2, -0.15) is 0 Å². The van der Waals surface area contributed by atoms with Crippen molar-refractivity contribution in [2.24, 2.45) is 0 Å². The molecular formula is C16H34N2. The largest absolute Gasteiger partial charge is 0.312 e. The van der Waals surface area contributed by atoms with Gasteiger partial charge in [-0.3, -0.25) is 4.90 Å². The Morgan fingerprint density at radius 1 is 1.17 bits per heavy atom. The Kier molecular flexibility index (Phi) is 8.54. The standard InChI is InChI=1S/C16H34N2/c1-8-14(6)13-15(17-10-3)16(7,9-2)18(11-4)12-5/h15,17H,6,8-13H2,1-5,7H3. The highest BCUT2D eigenvalue weighted by atomic mass is 15.2. The molecular weight excluding hydrogens is 220 g/mol. The number of likely N-dealkylation sites (N-methyl/N-ethyl adjacent to an activating group) is 2. The van der Waals surface area contributed by atoms with Gasteiger partial charge >= 0.3 is 0 Å². The Balaban J connectivity index is 5.04. The Bertz CT molecular complexity index is 233. The van der Waals surface area contributed by atoms with Gasteiger partial charge in [0.05, 0.1) is 0 Å². The molecule has 0 saturated carbocycles.